The second-order valence-electron chi connectivity index (χ2n) is 6.28. The van der Waals surface area contributed by atoms with Crippen molar-refractivity contribution in [3.8, 4) is 5.75 Å². The lowest BCUT2D eigenvalue weighted by molar-refractivity contribution is 0.0739. The van der Waals surface area contributed by atoms with Gasteiger partial charge >= 0.3 is 0 Å². The van der Waals surface area contributed by atoms with Crippen LogP contribution in [0.1, 0.15) is 32.4 Å². The van der Waals surface area contributed by atoms with Gasteiger partial charge in [0, 0.05) is 0 Å². The molecule has 1 aliphatic heterocycles. The van der Waals surface area contributed by atoms with Crippen LogP contribution in [0.4, 0.5) is 0 Å². The lowest BCUT2D eigenvalue weighted by atomic mass is 9.81. The van der Waals surface area contributed by atoms with E-state index in [1.54, 1.807) is 0 Å². The van der Waals surface area contributed by atoms with E-state index in [4.69, 9.17) is 4.74 Å². The Morgan fingerprint density at radius 2 is 1.42 bits per heavy atom. The zero-order chi connectivity index (χ0) is 18.1. The van der Waals surface area contributed by atoms with E-state index >= 15 is 0 Å². The first-order valence-corrected chi connectivity index (χ1v) is 10.1. The number of Topliss-reactive ketones (excluding diaryl/α,β-unsaturated/α-hetero) is 1. The van der Waals surface area contributed by atoms with Crippen LogP contribution in [0.5, 0.6) is 5.75 Å². The highest BCUT2D eigenvalue weighted by Crippen LogP contribution is 2.55. The fraction of sp³-hybridized carbons (Fsp3) is 0.136. The number of hydrogen-bond acceptors (Lipinski definition) is 2. The molecule has 0 bridgehead atoms. The molecular formula is C22H16Br2O2. The molecule has 3 atom stereocenters. The molecule has 4 heteroatoms. The average Bonchev–Trinajstić information content (AvgIpc) is 2.71. The number of benzene rings is 3. The molecule has 3 aromatic carbocycles. The lowest BCUT2D eigenvalue weighted by Gasteiger charge is -2.42. The summed E-state index contributed by atoms with van der Waals surface area (Å²) in [6, 6.07) is 27.2. The Kier molecular flexibility index (Phi) is 4.72. The molecule has 1 aliphatic rings. The molecule has 0 aliphatic carbocycles. The van der Waals surface area contributed by atoms with Crippen molar-refractivity contribution in [2.45, 2.75) is 15.3 Å². The summed E-state index contributed by atoms with van der Waals surface area (Å²) in [4.78, 5) is 13.3. The molecule has 0 saturated heterocycles. The summed E-state index contributed by atoms with van der Waals surface area (Å²) in [5.74, 6) is 0.633. The van der Waals surface area contributed by atoms with Crippen LogP contribution in [0.15, 0.2) is 84.9 Å². The highest BCUT2D eigenvalue weighted by atomic mass is 79.9. The maximum atomic E-state index is 13.6. The summed E-state index contributed by atoms with van der Waals surface area (Å²) < 4.78 is 5.38. The fourth-order valence-corrected chi connectivity index (χ4v) is 4.94. The third-order valence-electron chi connectivity index (χ3n) is 4.67. The van der Waals surface area contributed by atoms with Crippen molar-refractivity contribution in [3.05, 3.63) is 102 Å². The summed E-state index contributed by atoms with van der Waals surface area (Å²) in [5.41, 5.74) is 2.56. The summed E-state index contributed by atoms with van der Waals surface area (Å²) in [6.45, 7) is 0. The van der Waals surface area contributed by atoms with Gasteiger partial charge in [0.05, 0.1) is 10.4 Å². The SMILES string of the molecule is O=C1c2ccccc2OC(c2ccccc2)C1(Br)C(Br)c1ccccc1. The number of para-hydroxylation sites is 1. The molecule has 0 spiro atoms. The molecule has 2 nitrogen and oxygen atoms in total. The first kappa shape index (κ1) is 17.5. The van der Waals surface area contributed by atoms with Crippen LogP contribution in [0, 0.1) is 0 Å². The maximum Gasteiger partial charge on any atom is 0.188 e. The van der Waals surface area contributed by atoms with E-state index in [2.05, 4.69) is 31.9 Å². The van der Waals surface area contributed by atoms with Crippen molar-refractivity contribution in [1.82, 2.24) is 0 Å². The molecule has 3 aromatic rings. The number of fused-ring (bicyclic) bond motifs is 1. The minimum Gasteiger partial charge on any atom is -0.483 e. The van der Waals surface area contributed by atoms with Gasteiger partial charge in [-0.1, -0.05) is 105 Å². The van der Waals surface area contributed by atoms with E-state index in [9.17, 15) is 4.79 Å². The summed E-state index contributed by atoms with van der Waals surface area (Å²) in [6.07, 6.45) is -0.462. The van der Waals surface area contributed by atoms with Crippen LogP contribution in [-0.2, 0) is 0 Å². The van der Waals surface area contributed by atoms with Gasteiger partial charge in [-0.3, -0.25) is 4.79 Å². The molecule has 130 valence electrons. The largest absolute Gasteiger partial charge is 0.483 e. The highest BCUT2D eigenvalue weighted by molar-refractivity contribution is 9.12. The number of halogens is 2. The molecule has 0 saturated carbocycles. The number of ketones is 1. The number of carbonyl (C=O) groups is 1. The number of carbonyl (C=O) groups excluding carboxylic acids is 1. The minimum absolute atomic E-state index is 0.0129. The van der Waals surface area contributed by atoms with E-state index in [0.29, 0.717) is 11.3 Å². The van der Waals surface area contributed by atoms with Gasteiger partial charge in [0.25, 0.3) is 0 Å². The van der Waals surface area contributed by atoms with Gasteiger partial charge in [0.2, 0.25) is 0 Å². The Balaban J connectivity index is 1.89. The van der Waals surface area contributed by atoms with Gasteiger partial charge in [-0.05, 0) is 23.3 Å². The van der Waals surface area contributed by atoms with Gasteiger partial charge < -0.3 is 4.74 Å². The normalized spacial score (nSPS) is 23.0. The van der Waals surface area contributed by atoms with Crippen molar-refractivity contribution >= 4 is 37.6 Å². The van der Waals surface area contributed by atoms with Crippen LogP contribution >= 0.6 is 31.9 Å². The second-order valence-corrected chi connectivity index (χ2v) is 8.50. The second kappa shape index (κ2) is 7.01. The molecule has 0 radical (unpaired) electrons. The molecule has 4 rings (SSSR count). The molecule has 3 unspecified atom stereocenters. The third kappa shape index (κ3) is 2.81. The summed E-state index contributed by atoms with van der Waals surface area (Å²) in [7, 11) is 0. The Morgan fingerprint density at radius 1 is 0.846 bits per heavy atom. The Bertz CT molecular complexity index is 927. The van der Waals surface area contributed by atoms with Crippen molar-refractivity contribution in [1.29, 1.82) is 0 Å². The zero-order valence-electron chi connectivity index (χ0n) is 13.8. The van der Waals surface area contributed by atoms with E-state index in [1.807, 2.05) is 84.9 Å². The van der Waals surface area contributed by atoms with Gasteiger partial charge in [0.1, 0.15) is 16.2 Å². The highest BCUT2D eigenvalue weighted by Gasteiger charge is 2.55. The van der Waals surface area contributed by atoms with Crippen LogP contribution in [0.2, 0.25) is 0 Å². The summed E-state index contributed by atoms with van der Waals surface area (Å²) in [5, 5.41) is 0. The number of rotatable bonds is 3. The van der Waals surface area contributed by atoms with Crippen LogP contribution in [-0.4, -0.2) is 10.1 Å². The minimum atomic E-state index is -0.968. The van der Waals surface area contributed by atoms with Crippen molar-refractivity contribution in [3.63, 3.8) is 0 Å². The van der Waals surface area contributed by atoms with Crippen molar-refractivity contribution in [2.75, 3.05) is 0 Å². The zero-order valence-corrected chi connectivity index (χ0v) is 17.0. The number of hydrogen-bond donors (Lipinski definition) is 0. The predicted octanol–water partition coefficient (Wildman–Crippen LogP) is 6.27. The van der Waals surface area contributed by atoms with Crippen LogP contribution in [0.3, 0.4) is 0 Å². The van der Waals surface area contributed by atoms with E-state index in [0.717, 1.165) is 11.1 Å². The lowest BCUT2D eigenvalue weighted by Crippen LogP contribution is -2.47. The predicted molar refractivity (Wildman–Crippen MR) is 110 cm³/mol. The van der Waals surface area contributed by atoms with Crippen molar-refractivity contribution in [2.24, 2.45) is 0 Å². The standard InChI is InChI=1S/C22H16Br2O2/c23-19(15-9-3-1-4-10-15)22(24)20(25)17-13-7-8-14-18(17)26-21(22)16-11-5-2-6-12-16/h1-14,19,21H. The molecule has 0 fully saturated rings. The van der Waals surface area contributed by atoms with Gasteiger partial charge in [-0.15, -0.1) is 0 Å². The number of alkyl halides is 2. The van der Waals surface area contributed by atoms with Crippen LogP contribution in [0.25, 0.3) is 0 Å². The van der Waals surface area contributed by atoms with Crippen LogP contribution < -0.4 is 4.74 Å². The topological polar surface area (TPSA) is 26.3 Å². The molecule has 0 amide bonds. The molecule has 0 aromatic heterocycles. The Hall–Kier alpha value is -1.91. The smallest absolute Gasteiger partial charge is 0.188 e. The van der Waals surface area contributed by atoms with Gasteiger partial charge in [0.15, 0.2) is 5.78 Å². The van der Waals surface area contributed by atoms with Crippen molar-refractivity contribution < 1.29 is 9.53 Å². The average molecular weight is 472 g/mol. The van der Waals surface area contributed by atoms with Gasteiger partial charge in [-0.25, -0.2) is 0 Å². The first-order chi connectivity index (χ1) is 12.6. The third-order valence-corrected chi connectivity index (χ3v) is 7.77. The van der Waals surface area contributed by atoms with E-state index in [-0.39, 0.29) is 10.6 Å². The molecule has 26 heavy (non-hydrogen) atoms. The molecular weight excluding hydrogens is 456 g/mol. The Labute approximate surface area is 169 Å². The monoisotopic (exact) mass is 470 g/mol. The summed E-state index contributed by atoms with van der Waals surface area (Å²) >= 11 is 7.60. The molecule has 1 heterocycles. The first-order valence-electron chi connectivity index (χ1n) is 8.35. The maximum absolute atomic E-state index is 13.6. The van der Waals surface area contributed by atoms with E-state index < -0.39 is 10.4 Å². The van der Waals surface area contributed by atoms with E-state index in [1.165, 1.54) is 0 Å². The fourth-order valence-electron chi connectivity index (χ4n) is 3.35. The Morgan fingerprint density at radius 3 is 2.12 bits per heavy atom. The van der Waals surface area contributed by atoms with Gasteiger partial charge in [-0.2, -0.15) is 0 Å². The quantitative estimate of drug-likeness (QED) is 0.420. The molecule has 0 N–H and O–H groups in total. The number of ether oxygens (including phenoxy) is 1.